The molecule has 0 aromatic rings. The molecule has 0 aliphatic rings. The monoisotopic (exact) mass is 1100 g/mol. The van der Waals surface area contributed by atoms with Crippen LogP contribution in [0.15, 0.2) is 0 Å². The van der Waals surface area contributed by atoms with Gasteiger partial charge in [-0.2, -0.15) is 0 Å². The summed E-state index contributed by atoms with van der Waals surface area (Å²) in [5.41, 5.74) is 0. The van der Waals surface area contributed by atoms with Crippen molar-refractivity contribution in [3.63, 3.8) is 0 Å². The Morgan fingerprint density at radius 2 is 0.375 bits per heavy atom. The fourth-order valence-corrected chi connectivity index (χ4v) is 10.5. The third-order valence-electron chi connectivity index (χ3n) is 4.50. The Labute approximate surface area is 363 Å². The average Bonchev–Trinajstić information content (AvgIpc) is 2.71. The molecule has 0 amide bonds. The Balaban J connectivity index is 7.35. The van der Waals surface area contributed by atoms with Gasteiger partial charge in [0.1, 0.15) is 0 Å². The van der Waals surface area contributed by atoms with Crippen molar-refractivity contribution >= 4 is 314 Å². The van der Waals surface area contributed by atoms with Gasteiger partial charge >= 0.3 is 0 Å². The van der Waals surface area contributed by atoms with Crippen LogP contribution in [0.1, 0.15) is 0 Å². The Morgan fingerprint density at radius 3 is 0.525 bits per heavy atom. The maximum Gasteiger partial charge on any atom is 0.234 e. The summed E-state index contributed by atoms with van der Waals surface area (Å²) >= 11 is 166. The molecule has 0 heterocycles. The summed E-state index contributed by atoms with van der Waals surface area (Å²) in [4.78, 5) is 0. The summed E-state index contributed by atoms with van der Waals surface area (Å²) in [6, 6.07) is 0. The highest BCUT2D eigenvalue weighted by atomic mass is 35.6. The first kappa shape index (κ1) is 47.8. The minimum absolute atomic E-state index is 0.0146. The van der Waals surface area contributed by atoms with E-state index in [1.807, 2.05) is 0 Å². The summed E-state index contributed by atoms with van der Waals surface area (Å²) in [6.45, 7) is 0. The topological polar surface area (TPSA) is 3.24 Å². The van der Waals surface area contributed by atoms with Gasteiger partial charge in [-0.1, -0.05) is 294 Å². The highest BCUT2D eigenvalue weighted by Crippen LogP contribution is 2.76. The summed E-state index contributed by atoms with van der Waals surface area (Å²) in [5, 5.41) is 0. The molecular formula is C12Cl27N. The van der Waals surface area contributed by atoms with E-state index in [0.717, 1.165) is 0 Å². The van der Waals surface area contributed by atoms with Crippen LogP contribution < -0.4 is 0 Å². The largest absolute Gasteiger partial charge is 0.234 e. The first-order valence-corrected chi connectivity index (χ1v) is 18.2. The van der Waals surface area contributed by atoms with E-state index in [9.17, 15) is 0 Å². The molecule has 0 saturated heterocycles. The zero-order chi connectivity index (χ0) is 33.6. The average molecular weight is 1120 g/mol. The van der Waals surface area contributed by atoms with Crippen LogP contribution in [0.25, 0.3) is 0 Å². The first-order valence-electron chi connectivity index (χ1n) is 8.04. The van der Waals surface area contributed by atoms with E-state index in [0.29, 0.717) is 0 Å². The van der Waals surface area contributed by atoms with Crippen molar-refractivity contribution in [2.45, 2.75) is 51.6 Å². The third-order valence-corrected chi connectivity index (χ3v) is 22.9. The molecule has 242 valence electrons. The molecule has 0 saturated carbocycles. The number of hydrogen-bond acceptors (Lipinski definition) is 1. The van der Waals surface area contributed by atoms with Crippen LogP contribution in [0.4, 0.5) is 0 Å². The quantitative estimate of drug-likeness (QED) is 0.113. The number of hydrogen-bond donors (Lipinski definition) is 0. The molecule has 0 spiro atoms. The van der Waals surface area contributed by atoms with Gasteiger partial charge in [-0.05, 0) is 23.6 Å². The van der Waals surface area contributed by atoms with Crippen molar-refractivity contribution in [3.8, 4) is 0 Å². The molecule has 28 heteroatoms. The lowest BCUT2D eigenvalue weighted by atomic mass is 9.99. The maximum absolute atomic E-state index is 6.40. The van der Waals surface area contributed by atoms with Crippen molar-refractivity contribution < 1.29 is 0 Å². The Hall–Kier alpha value is 7.79. The van der Waals surface area contributed by atoms with Crippen molar-refractivity contribution in [2.75, 3.05) is 0 Å². The van der Waals surface area contributed by atoms with Crippen LogP contribution >= 0.6 is 314 Å². The molecule has 0 unspecified atom stereocenters. The zero-order valence-electron chi connectivity index (χ0n) is 16.7. The van der Waals surface area contributed by atoms with E-state index < -0.39 is 51.6 Å². The van der Waals surface area contributed by atoms with Crippen LogP contribution in [-0.2, 0) is 0 Å². The van der Waals surface area contributed by atoms with E-state index >= 15 is 0 Å². The van der Waals surface area contributed by atoms with Crippen molar-refractivity contribution in [3.05, 3.63) is 0 Å². The van der Waals surface area contributed by atoms with Crippen LogP contribution in [0.2, 0.25) is 0 Å². The number of alkyl halides is 25. The zero-order valence-corrected chi connectivity index (χ0v) is 37.1. The van der Waals surface area contributed by atoms with Gasteiger partial charge < -0.3 is 0 Å². The van der Waals surface area contributed by atoms with Gasteiger partial charge in [-0.3, -0.25) is 0 Å². The second-order valence-corrected chi connectivity index (χ2v) is 24.7. The molecule has 0 aliphatic heterocycles. The minimum Gasteiger partial charge on any atom is -0.0946 e. The predicted octanol–water partition coefficient (Wildman–Crippen LogP) is 15.8. The van der Waals surface area contributed by atoms with Gasteiger partial charge in [-0.15, -0.1) is 0 Å². The van der Waals surface area contributed by atoms with E-state index in [1.54, 1.807) is 0 Å². The van der Waals surface area contributed by atoms with Crippen LogP contribution in [0.5, 0.6) is 0 Å². The molecule has 40 heavy (non-hydrogen) atoms. The molecule has 0 aromatic carbocycles. The highest BCUT2D eigenvalue weighted by molar-refractivity contribution is 6.84. The Kier molecular flexibility index (Phi) is 17.1. The molecule has 0 fully saturated rings. The van der Waals surface area contributed by atoms with Crippen molar-refractivity contribution in [2.24, 2.45) is 0 Å². The lowest BCUT2D eigenvalue weighted by Crippen LogP contribution is -2.74. The minimum atomic E-state index is -3.42. The summed E-state index contributed by atoms with van der Waals surface area (Å²) in [6.07, 6.45) is 0. The van der Waals surface area contributed by atoms with E-state index in [2.05, 4.69) is 0 Å². The fraction of sp³-hybridized carbons (Fsp3) is 1.00. The number of nitrogens with zero attached hydrogens (tertiary/aromatic N) is 1. The Bertz CT molecular complexity index is 920. The lowest BCUT2D eigenvalue weighted by Gasteiger charge is -2.57. The second kappa shape index (κ2) is 14.3. The van der Waals surface area contributed by atoms with Crippen molar-refractivity contribution in [1.29, 1.82) is 0 Å². The first-order chi connectivity index (χ1) is 16.7. The number of halogens is 27. The SMILES string of the molecule is ClN(Cl)C(Cl)(Cl)C(Cl)(Cl)C(Cl)(Cl)C(Cl)(Cl)C(Cl)(Cl)C(Cl)(Cl)C(Cl)(Cl)C(Cl)(Cl)C(Cl)(Cl)C(Cl)(Cl)C(Cl)(Cl)C(Cl)(Cl)Cl. The van der Waals surface area contributed by atoms with Crippen LogP contribution in [0.3, 0.4) is 0 Å². The van der Waals surface area contributed by atoms with Crippen molar-refractivity contribution in [1.82, 2.24) is 3.94 Å². The summed E-state index contributed by atoms with van der Waals surface area (Å²) < 4.78 is -38.3. The van der Waals surface area contributed by atoms with Gasteiger partial charge in [-0.25, -0.2) is 0 Å². The smallest absolute Gasteiger partial charge is 0.0946 e. The molecule has 0 N–H and O–H groups in total. The van der Waals surface area contributed by atoms with E-state index in [1.165, 1.54) is 0 Å². The van der Waals surface area contributed by atoms with Gasteiger partial charge in [0.05, 0.1) is 0 Å². The third kappa shape index (κ3) is 7.22. The van der Waals surface area contributed by atoms with Gasteiger partial charge in [0, 0.05) is 0 Å². The fourth-order valence-electron chi connectivity index (χ4n) is 2.05. The summed E-state index contributed by atoms with van der Waals surface area (Å²) in [5.74, 6) is 0. The highest BCUT2D eigenvalue weighted by Gasteiger charge is 2.85. The maximum atomic E-state index is 6.40. The van der Waals surface area contributed by atoms with Crippen LogP contribution in [-0.4, -0.2) is 55.5 Å². The van der Waals surface area contributed by atoms with E-state index in [4.69, 9.17) is 314 Å². The molecule has 0 atom stereocenters. The van der Waals surface area contributed by atoms with Gasteiger partial charge in [0.25, 0.3) is 0 Å². The molecule has 0 aliphatic carbocycles. The molecule has 1 nitrogen and oxygen atoms in total. The lowest BCUT2D eigenvalue weighted by molar-refractivity contribution is 0.392. The van der Waals surface area contributed by atoms with Gasteiger partial charge in [0.2, 0.25) is 16.9 Å². The standard InChI is InChI=1S/C12Cl27N/c13-1(14,3(17,18)5(21,22)7(25,26)9(29,30)11(33,34)35)2(15,16)4(19,20)6(23,24)8(27,28)10(31,32)12(36,37)40(38)39. The van der Waals surface area contributed by atoms with E-state index in [-0.39, 0.29) is 3.94 Å². The predicted molar refractivity (Wildman–Crippen MR) is 193 cm³/mol. The molecule has 0 radical (unpaired) electrons. The molecule has 0 rings (SSSR count). The van der Waals surface area contributed by atoms with Gasteiger partial charge in [0.15, 0.2) is 34.7 Å². The van der Waals surface area contributed by atoms with Crippen LogP contribution in [0, 0.1) is 0 Å². The molecule has 0 bridgehead atoms. The normalized spacial score (nSPS) is 17.1. The Morgan fingerprint density at radius 1 is 0.225 bits per heavy atom. The second-order valence-electron chi connectivity index (χ2n) is 7.02. The molecule has 0 aromatic heterocycles. The number of rotatable bonds is 11. The molecular weight excluding hydrogens is 1120 g/mol. The summed E-state index contributed by atoms with van der Waals surface area (Å²) in [7, 11) is 0.